The maximum absolute atomic E-state index is 12.1. The van der Waals surface area contributed by atoms with Crippen LogP contribution < -0.4 is 10.6 Å². The minimum atomic E-state index is -0.733. The molecule has 2 atom stereocenters. The molecule has 0 radical (unpaired) electrons. The van der Waals surface area contributed by atoms with Gasteiger partial charge in [-0.3, -0.25) is 0 Å². The maximum atomic E-state index is 12.1. The van der Waals surface area contributed by atoms with Crippen LogP contribution in [0.1, 0.15) is 50.5 Å². The third-order valence-corrected chi connectivity index (χ3v) is 3.66. The fourth-order valence-electron chi connectivity index (χ4n) is 2.49. The quantitative estimate of drug-likeness (QED) is 0.753. The minimum absolute atomic E-state index is 0.193. The van der Waals surface area contributed by atoms with Gasteiger partial charge >= 0.3 is 6.03 Å². The Morgan fingerprint density at radius 2 is 1.91 bits per heavy atom. The van der Waals surface area contributed by atoms with Crippen molar-refractivity contribution in [3.8, 4) is 0 Å². The first kappa shape index (κ1) is 17.1. The highest BCUT2D eigenvalue weighted by atomic mass is 16.4. The number of carbonyl (C=O) groups excluding carboxylic acids is 1. The molecule has 0 aliphatic heterocycles. The Morgan fingerprint density at radius 1 is 1.17 bits per heavy atom. The first-order chi connectivity index (χ1) is 11.0. The summed E-state index contributed by atoms with van der Waals surface area (Å²) in [6.45, 7) is 6.02. The van der Waals surface area contributed by atoms with Crippen LogP contribution in [-0.4, -0.2) is 17.2 Å². The molecule has 2 unspecified atom stereocenters. The zero-order valence-electron chi connectivity index (χ0n) is 13.7. The van der Waals surface area contributed by atoms with Crippen LogP contribution >= 0.6 is 0 Å². The molecule has 0 aliphatic rings. The molecule has 2 rings (SSSR count). The molecule has 0 saturated carbocycles. The molecule has 2 amide bonds. The summed E-state index contributed by atoms with van der Waals surface area (Å²) in [6, 6.07) is 10.7. The highest BCUT2D eigenvalue weighted by Crippen LogP contribution is 2.23. The van der Waals surface area contributed by atoms with Gasteiger partial charge in [-0.05, 0) is 36.6 Å². The first-order valence-electron chi connectivity index (χ1n) is 7.85. The van der Waals surface area contributed by atoms with Crippen molar-refractivity contribution in [2.45, 2.75) is 45.3 Å². The van der Waals surface area contributed by atoms with Gasteiger partial charge < -0.3 is 20.2 Å². The van der Waals surface area contributed by atoms with Gasteiger partial charge in [0.15, 0.2) is 0 Å². The molecule has 124 valence electrons. The number of anilines is 1. The molecule has 5 nitrogen and oxygen atoms in total. The van der Waals surface area contributed by atoms with Gasteiger partial charge in [0.05, 0.1) is 6.26 Å². The molecule has 1 aromatic carbocycles. The van der Waals surface area contributed by atoms with E-state index in [0.29, 0.717) is 18.1 Å². The average molecular weight is 316 g/mol. The molecule has 0 saturated heterocycles. The van der Waals surface area contributed by atoms with Gasteiger partial charge in [-0.25, -0.2) is 4.79 Å². The summed E-state index contributed by atoms with van der Waals surface area (Å²) >= 11 is 0. The van der Waals surface area contributed by atoms with Crippen molar-refractivity contribution in [2.75, 3.05) is 5.32 Å². The second-order valence-electron chi connectivity index (χ2n) is 6.01. The summed E-state index contributed by atoms with van der Waals surface area (Å²) in [7, 11) is 0. The Labute approximate surface area is 136 Å². The minimum Gasteiger partial charge on any atom is -0.467 e. The van der Waals surface area contributed by atoms with E-state index < -0.39 is 6.10 Å². The van der Waals surface area contributed by atoms with E-state index in [9.17, 15) is 9.90 Å². The van der Waals surface area contributed by atoms with Gasteiger partial charge in [0.2, 0.25) is 0 Å². The molecule has 3 N–H and O–H groups in total. The van der Waals surface area contributed by atoms with E-state index in [1.54, 1.807) is 12.1 Å². The van der Waals surface area contributed by atoms with Crippen molar-refractivity contribution in [1.82, 2.24) is 5.32 Å². The van der Waals surface area contributed by atoms with Crippen LogP contribution in [0, 0.1) is 0 Å². The standard InChI is InChI=1S/C18H24N2O3/c1-12(2)14-7-4-5-8-15(14)20-18(22)19-13(3)11-16(21)17-9-6-10-23-17/h4-10,12-13,16,21H,11H2,1-3H3,(H2,19,20,22). The topological polar surface area (TPSA) is 74.5 Å². The third kappa shape index (κ3) is 4.86. The predicted octanol–water partition coefficient (Wildman–Crippen LogP) is 4.04. The van der Waals surface area contributed by atoms with E-state index in [2.05, 4.69) is 24.5 Å². The summed E-state index contributed by atoms with van der Waals surface area (Å²) in [5.41, 5.74) is 1.89. The molecular weight excluding hydrogens is 292 g/mol. The Balaban J connectivity index is 1.89. The van der Waals surface area contributed by atoms with Gasteiger partial charge in [0, 0.05) is 18.2 Å². The molecule has 5 heteroatoms. The number of furan rings is 1. The van der Waals surface area contributed by atoms with Gasteiger partial charge in [0.1, 0.15) is 11.9 Å². The third-order valence-electron chi connectivity index (χ3n) is 3.66. The summed E-state index contributed by atoms with van der Waals surface area (Å²) in [5.74, 6) is 0.828. The summed E-state index contributed by atoms with van der Waals surface area (Å²) in [4.78, 5) is 12.1. The molecule has 1 heterocycles. The van der Waals surface area contributed by atoms with E-state index in [0.717, 1.165) is 11.3 Å². The Bertz CT molecular complexity index is 623. The van der Waals surface area contributed by atoms with Crippen LogP contribution in [0.25, 0.3) is 0 Å². The van der Waals surface area contributed by atoms with Crippen molar-refractivity contribution >= 4 is 11.7 Å². The predicted molar refractivity (Wildman–Crippen MR) is 90.4 cm³/mol. The van der Waals surface area contributed by atoms with E-state index in [4.69, 9.17) is 4.42 Å². The van der Waals surface area contributed by atoms with Crippen molar-refractivity contribution in [2.24, 2.45) is 0 Å². The number of urea groups is 1. The summed E-state index contributed by atoms with van der Waals surface area (Å²) in [6.07, 6.45) is 1.17. The molecule has 0 spiro atoms. The largest absolute Gasteiger partial charge is 0.467 e. The van der Waals surface area contributed by atoms with Crippen molar-refractivity contribution in [3.05, 3.63) is 54.0 Å². The molecule has 0 bridgehead atoms. The Morgan fingerprint density at radius 3 is 2.57 bits per heavy atom. The van der Waals surface area contributed by atoms with E-state index >= 15 is 0 Å². The van der Waals surface area contributed by atoms with Crippen LogP contribution in [0.3, 0.4) is 0 Å². The highest BCUT2D eigenvalue weighted by Gasteiger charge is 2.17. The van der Waals surface area contributed by atoms with Crippen LogP contribution in [-0.2, 0) is 0 Å². The first-order valence-corrected chi connectivity index (χ1v) is 7.85. The number of carbonyl (C=O) groups is 1. The number of aliphatic hydroxyl groups is 1. The molecule has 0 aliphatic carbocycles. The summed E-state index contributed by atoms with van der Waals surface area (Å²) in [5, 5.41) is 15.7. The monoisotopic (exact) mass is 316 g/mol. The van der Waals surface area contributed by atoms with Gasteiger partial charge in [-0.15, -0.1) is 0 Å². The number of hydrogen-bond donors (Lipinski definition) is 3. The SMILES string of the molecule is CC(CC(O)c1ccco1)NC(=O)Nc1ccccc1C(C)C. The number of rotatable bonds is 6. The van der Waals surface area contributed by atoms with Crippen LogP contribution in [0.15, 0.2) is 47.1 Å². The molecule has 2 aromatic rings. The van der Waals surface area contributed by atoms with Gasteiger partial charge in [-0.2, -0.15) is 0 Å². The van der Waals surface area contributed by atoms with Crippen molar-refractivity contribution in [3.63, 3.8) is 0 Å². The van der Waals surface area contributed by atoms with Crippen LogP contribution in [0.2, 0.25) is 0 Å². The summed E-state index contributed by atoms with van der Waals surface area (Å²) < 4.78 is 5.16. The number of hydrogen-bond acceptors (Lipinski definition) is 3. The van der Waals surface area contributed by atoms with E-state index in [-0.39, 0.29) is 12.1 Å². The smallest absolute Gasteiger partial charge is 0.319 e. The highest BCUT2D eigenvalue weighted by molar-refractivity contribution is 5.90. The lowest BCUT2D eigenvalue weighted by Crippen LogP contribution is -2.37. The van der Waals surface area contributed by atoms with Crippen molar-refractivity contribution in [1.29, 1.82) is 0 Å². The van der Waals surface area contributed by atoms with Gasteiger partial charge in [-0.1, -0.05) is 32.0 Å². The molecular formula is C18H24N2O3. The number of benzene rings is 1. The Hall–Kier alpha value is -2.27. The zero-order chi connectivity index (χ0) is 16.8. The number of amides is 2. The Kier molecular flexibility index (Phi) is 5.82. The number of para-hydroxylation sites is 1. The fraction of sp³-hybridized carbons (Fsp3) is 0.389. The number of aliphatic hydroxyl groups excluding tert-OH is 1. The second kappa shape index (κ2) is 7.83. The lowest BCUT2D eigenvalue weighted by atomic mass is 10.0. The van der Waals surface area contributed by atoms with E-state index in [1.165, 1.54) is 6.26 Å². The average Bonchev–Trinajstić information content (AvgIpc) is 3.01. The van der Waals surface area contributed by atoms with Gasteiger partial charge in [0.25, 0.3) is 0 Å². The van der Waals surface area contributed by atoms with Crippen LogP contribution in [0.5, 0.6) is 0 Å². The molecule has 0 fully saturated rings. The van der Waals surface area contributed by atoms with Crippen LogP contribution in [0.4, 0.5) is 10.5 Å². The van der Waals surface area contributed by atoms with Crippen molar-refractivity contribution < 1.29 is 14.3 Å². The molecule has 1 aromatic heterocycles. The number of nitrogens with one attached hydrogen (secondary N) is 2. The fourth-order valence-corrected chi connectivity index (χ4v) is 2.49. The maximum Gasteiger partial charge on any atom is 0.319 e. The van der Waals surface area contributed by atoms with E-state index in [1.807, 2.05) is 31.2 Å². The lowest BCUT2D eigenvalue weighted by Gasteiger charge is -2.19. The zero-order valence-corrected chi connectivity index (χ0v) is 13.7. The normalized spacial score (nSPS) is 13.6. The lowest BCUT2D eigenvalue weighted by molar-refractivity contribution is 0.130. The second-order valence-corrected chi connectivity index (χ2v) is 6.01. The molecule has 23 heavy (non-hydrogen) atoms.